The van der Waals surface area contributed by atoms with Gasteiger partial charge in [-0.1, -0.05) is 6.07 Å². The molecule has 0 amide bonds. The molecule has 9 heteroatoms. The molecule has 140 valence electrons. The number of aromatic nitrogens is 2. The molecule has 2 aromatic heterocycles. The lowest BCUT2D eigenvalue weighted by molar-refractivity contribution is -0.384. The number of hydrogen-bond acceptors (Lipinski definition) is 8. The monoisotopic (exact) mass is 376 g/mol. The molecule has 0 atom stereocenters. The Morgan fingerprint density at radius 3 is 2.69 bits per heavy atom. The van der Waals surface area contributed by atoms with Crippen molar-refractivity contribution in [3.8, 4) is 0 Å². The molecule has 26 heavy (non-hydrogen) atoms. The molecular weight excluding hydrogens is 352 g/mol. The Balaban J connectivity index is 1.61. The van der Waals surface area contributed by atoms with Crippen LogP contribution in [0.15, 0.2) is 23.7 Å². The van der Waals surface area contributed by atoms with Crippen molar-refractivity contribution < 1.29 is 4.92 Å². The number of thiophene rings is 1. The molecule has 1 fully saturated rings. The van der Waals surface area contributed by atoms with Crippen LogP contribution in [-0.4, -0.2) is 28.0 Å². The van der Waals surface area contributed by atoms with E-state index < -0.39 is 4.92 Å². The molecule has 3 rings (SSSR count). The van der Waals surface area contributed by atoms with Crippen molar-refractivity contribution in [2.45, 2.75) is 32.2 Å². The van der Waals surface area contributed by atoms with Crippen LogP contribution in [0.4, 0.5) is 17.5 Å². The molecule has 4 N–H and O–H groups in total. The SMILES string of the molecule is NCC1CCC(CNc2nc(NCc3cccs3)ncc2[N+](=O)[O-])CC1. The average Bonchev–Trinajstić information content (AvgIpc) is 3.18. The van der Waals surface area contributed by atoms with Crippen molar-refractivity contribution in [3.05, 3.63) is 38.7 Å². The number of nitrogens with zero attached hydrogens (tertiary/aromatic N) is 3. The normalized spacial score (nSPS) is 19.9. The number of anilines is 2. The van der Waals surface area contributed by atoms with Gasteiger partial charge in [-0.05, 0) is 55.5 Å². The van der Waals surface area contributed by atoms with E-state index in [-0.39, 0.29) is 11.5 Å². The fourth-order valence-corrected chi connectivity index (χ4v) is 3.86. The van der Waals surface area contributed by atoms with Crippen molar-refractivity contribution in [2.75, 3.05) is 23.7 Å². The minimum atomic E-state index is -0.448. The quantitative estimate of drug-likeness (QED) is 0.478. The zero-order valence-corrected chi connectivity index (χ0v) is 15.4. The molecular formula is C17H24N6O2S. The molecule has 0 unspecified atom stereocenters. The third-order valence-corrected chi connectivity index (χ3v) is 5.70. The third kappa shape index (κ3) is 4.89. The van der Waals surface area contributed by atoms with Crippen molar-refractivity contribution in [1.82, 2.24) is 9.97 Å². The van der Waals surface area contributed by atoms with Crippen LogP contribution in [0.5, 0.6) is 0 Å². The van der Waals surface area contributed by atoms with E-state index in [9.17, 15) is 10.1 Å². The van der Waals surface area contributed by atoms with E-state index in [4.69, 9.17) is 5.73 Å². The maximum atomic E-state index is 11.3. The second-order valence-corrected chi connectivity index (χ2v) is 7.65. The van der Waals surface area contributed by atoms with Gasteiger partial charge in [0, 0.05) is 11.4 Å². The summed E-state index contributed by atoms with van der Waals surface area (Å²) < 4.78 is 0. The number of hydrogen-bond donors (Lipinski definition) is 3. The Hall–Kier alpha value is -2.26. The molecule has 2 aromatic rings. The molecule has 0 radical (unpaired) electrons. The highest BCUT2D eigenvalue weighted by Gasteiger charge is 2.22. The summed E-state index contributed by atoms with van der Waals surface area (Å²) in [6, 6.07) is 3.99. The summed E-state index contributed by atoms with van der Waals surface area (Å²) in [7, 11) is 0. The summed E-state index contributed by atoms with van der Waals surface area (Å²) in [5.41, 5.74) is 5.64. The predicted octanol–water partition coefficient (Wildman–Crippen LogP) is 3.24. The van der Waals surface area contributed by atoms with Crippen LogP contribution in [-0.2, 0) is 6.54 Å². The van der Waals surface area contributed by atoms with Gasteiger partial charge >= 0.3 is 5.69 Å². The van der Waals surface area contributed by atoms with Crippen LogP contribution in [0.1, 0.15) is 30.6 Å². The minimum Gasteiger partial charge on any atom is -0.364 e. The van der Waals surface area contributed by atoms with Gasteiger partial charge in [0.2, 0.25) is 11.8 Å². The zero-order valence-electron chi connectivity index (χ0n) is 14.6. The lowest BCUT2D eigenvalue weighted by Crippen LogP contribution is -2.25. The van der Waals surface area contributed by atoms with Crippen LogP contribution in [0, 0.1) is 22.0 Å². The molecule has 2 heterocycles. The van der Waals surface area contributed by atoms with Crippen LogP contribution in [0.2, 0.25) is 0 Å². The summed E-state index contributed by atoms with van der Waals surface area (Å²) in [6.45, 7) is 2.02. The molecule has 0 aliphatic heterocycles. The van der Waals surface area contributed by atoms with Crippen LogP contribution >= 0.6 is 11.3 Å². The first-order chi connectivity index (χ1) is 12.7. The van der Waals surface area contributed by atoms with Crippen molar-refractivity contribution >= 4 is 28.8 Å². The zero-order chi connectivity index (χ0) is 18.4. The summed E-state index contributed by atoms with van der Waals surface area (Å²) in [4.78, 5) is 20.3. The molecule has 1 aliphatic rings. The van der Waals surface area contributed by atoms with Crippen molar-refractivity contribution in [2.24, 2.45) is 17.6 Å². The first kappa shape index (κ1) is 18.5. The smallest absolute Gasteiger partial charge is 0.329 e. The molecule has 1 aliphatic carbocycles. The van der Waals surface area contributed by atoms with E-state index in [2.05, 4.69) is 20.6 Å². The van der Waals surface area contributed by atoms with Gasteiger partial charge in [-0.3, -0.25) is 10.1 Å². The standard InChI is InChI=1S/C17H24N6O2S/c18-8-12-3-5-13(6-4-12)9-19-16-15(23(24)25)11-21-17(22-16)20-10-14-2-1-7-26-14/h1-2,7,11-13H,3-6,8-10,18H2,(H2,19,20,21,22). The van der Waals surface area contributed by atoms with Crippen molar-refractivity contribution in [3.63, 3.8) is 0 Å². The van der Waals surface area contributed by atoms with E-state index in [0.29, 0.717) is 30.9 Å². The van der Waals surface area contributed by atoms with E-state index in [1.165, 1.54) is 6.20 Å². The van der Waals surface area contributed by atoms with Gasteiger partial charge in [0.15, 0.2) is 0 Å². The minimum absolute atomic E-state index is 0.0951. The Labute approximate surface area is 156 Å². The number of nitro groups is 1. The highest BCUT2D eigenvalue weighted by atomic mass is 32.1. The first-order valence-corrected chi connectivity index (χ1v) is 9.75. The summed E-state index contributed by atoms with van der Waals surface area (Å²) in [6.07, 6.45) is 5.70. The second kappa shape index (κ2) is 8.91. The Morgan fingerprint density at radius 2 is 2.04 bits per heavy atom. The van der Waals surface area contributed by atoms with Gasteiger partial charge < -0.3 is 16.4 Å². The fourth-order valence-electron chi connectivity index (χ4n) is 3.22. The molecule has 0 bridgehead atoms. The van der Waals surface area contributed by atoms with E-state index in [0.717, 1.165) is 37.1 Å². The number of nitrogens with one attached hydrogen (secondary N) is 2. The lowest BCUT2D eigenvalue weighted by atomic mass is 9.82. The highest BCUT2D eigenvalue weighted by molar-refractivity contribution is 7.09. The number of nitrogens with two attached hydrogens (primary N) is 1. The Morgan fingerprint density at radius 1 is 1.27 bits per heavy atom. The molecule has 8 nitrogen and oxygen atoms in total. The topological polar surface area (TPSA) is 119 Å². The molecule has 0 spiro atoms. The maximum absolute atomic E-state index is 11.3. The number of rotatable bonds is 8. The van der Waals surface area contributed by atoms with Gasteiger partial charge in [0.25, 0.3) is 0 Å². The van der Waals surface area contributed by atoms with E-state index in [1.54, 1.807) is 11.3 Å². The Kier molecular flexibility index (Phi) is 6.35. The van der Waals surface area contributed by atoms with Gasteiger partial charge in [0.1, 0.15) is 6.20 Å². The van der Waals surface area contributed by atoms with Crippen LogP contribution in [0.25, 0.3) is 0 Å². The molecule has 0 aromatic carbocycles. The summed E-state index contributed by atoms with van der Waals surface area (Å²) >= 11 is 1.63. The van der Waals surface area contributed by atoms with Crippen LogP contribution < -0.4 is 16.4 Å². The second-order valence-electron chi connectivity index (χ2n) is 6.62. The fraction of sp³-hybridized carbons (Fsp3) is 0.529. The third-order valence-electron chi connectivity index (χ3n) is 4.82. The van der Waals surface area contributed by atoms with Gasteiger partial charge in [-0.2, -0.15) is 4.98 Å². The largest absolute Gasteiger partial charge is 0.364 e. The summed E-state index contributed by atoms with van der Waals surface area (Å²) in [5, 5.41) is 19.5. The first-order valence-electron chi connectivity index (χ1n) is 8.87. The Bertz CT molecular complexity index is 716. The van der Waals surface area contributed by atoms with Gasteiger partial charge in [0.05, 0.1) is 11.5 Å². The van der Waals surface area contributed by atoms with E-state index in [1.807, 2.05) is 17.5 Å². The van der Waals surface area contributed by atoms with E-state index >= 15 is 0 Å². The summed E-state index contributed by atoms with van der Waals surface area (Å²) in [5.74, 6) is 1.78. The van der Waals surface area contributed by atoms with Gasteiger partial charge in [-0.25, -0.2) is 4.98 Å². The maximum Gasteiger partial charge on any atom is 0.329 e. The van der Waals surface area contributed by atoms with Crippen molar-refractivity contribution in [1.29, 1.82) is 0 Å². The predicted molar refractivity (Wildman–Crippen MR) is 103 cm³/mol. The molecule has 0 saturated heterocycles. The highest BCUT2D eigenvalue weighted by Crippen LogP contribution is 2.29. The lowest BCUT2D eigenvalue weighted by Gasteiger charge is -2.27. The molecule has 1 saturated carbocycles. The van der Waals surface area contributed by atoms with Gasteiger partial charge in [-0.15, -0.1) is 11.3 Å². The average molecular weight is 376 g/mol. The van der Waals surface area contributed by atoms with Crippen LogP contribution in [0.3, 0.4) is 0 Å².